The highest BCUT2D eigenvalue weighted by Gasteiger charge is 2.56. The van der Waals surface area contributed by atoms with Gasteiger partial charge in [-0.3, -0.25) is 0 Å². The number of anilines is 3. The van der Waals surface area contributed by atoms with Crippen LogP contribution in [0.25, 0.3) is 22.3 Å². The molecule has 1 heteroatoms. The normalized spacial score (nSPS) is 22.4. The van der Waals surface area contributed by atoms with Gasteiger partial charge in [0.05, 0.1) is 0 Å². The number of hydrogen-bond acceptors (Lipinski definition) is 1. The number of nitrogens with zero attached hydrogens (tertiary/aromatic N) is 1. The van der Waals surface area contributed by atoms with Crippen molar-refractivity contribution >= 4 is 17.1 Å². The molecule has 0 heterocycles. The van der Waals surface area contributed by atoms with E-state index in [9.17, 15) is 0 Å². The predicted molar refractivity (Wildman–Crippen MR) is 158 cm³/mol. The SMILES string of the molecule is c1ccc(N(c2ccccc2)c2ccc(-c3ccc4c(c3)C3(CC5CCC3C5)c3ccccc3-4)cc2)cc1. The number of para-hydroxylation sites is 2. The topological polar surface area (TPSA) is 3.24 Å². The molecule has 3 aliphatic rings. The van der Waals surface area contributed by atoms with E-state index in [2.05, 4.69) is 132 Å². The van der Waals surface area contributed by atoms with Gasteiger partial charge in [0.2, 0.25) is 0 Å². The van der Waals surface area contributed by atoms with Crippen LogP contribution in [0.15, 0.2) is 127 Å². The number of benzene rings is 5. The molecule has 0 aromatic heterocycles. The van der Waals surface area contributed by atoms with Crippen molar-refractivity contribution < 1.29 is 0 Å². The van der Waals surface area contributed by atoms with Gasteiger partial charge in [0.1, 0.15) is 0 Å². The second-order valence-corrected chi connectivity index (χ2v) is 11.4. The maximum atomic E-state index is 2.54. The van der Waals surface area contributed by atoms with Crippen LogP contribution in [0.2, 0.25) is 0 Å². The van der Waals surface area contributed by atoms with E-state index in [1.165, 1.54) is 65.0 Å². The van der Waals surface area contributed by atoms with Crippen LogP contribution in [0, 0.1) is 11.8 Å². The van der Waals surface area contributed by atoms with E-state index >= 15 is 0 Å². The van der Waals surface area contributed by atoms with Gasteiger partial charge in [-0.05, 0) is 107 Å². The molecule has 38 heavy (non-hydrogen) atoms. The van der Waals surface area contributed by atoms with Crippen LogP contribution in [0.4, 0.5) is 17.1 Å². The quantitative estimate of drug-likeness (QED) is 0.243. The lowest BCUT2D eigenvalue weighted by Crippen LogP contribution is -2.31. The predicted octanol–water partition coefficient (Wildman–Crippen LogP) is 9.91. The van der Waals surface area contributed by atoms with Gasteiger partial charge in [-0.25, -0.2) is 0 Å². The molecule has 0 N–H and O–H groups in total. The number of rotatable bonds is 4. The number of fused-ring (bicyclic) bond motifs is 8. The van der Waals surface area contributed by atoms with Crippen molar-refractivity contribution in [1.82, 2.24) is 0 Å². The van der Waals surface area contributed by atoms with E-state index in [0.717, 1.165) is 11.8 Å². The molecule has 0 aliphatic heterocycles. The standard InChI is InChI=1S/C37H31N/c1-3-9-30(10-4-1)38(31-11-5-2-6-12-31)32-20-16-27(17-21-32)28-18-22-34-33-13-7-8-14-35(33)37(36(34)24-28)25-26-15-19-29(37)23-26/h1-14,16-18,20-22,24,26,29H,15,19,23,25H2. The minimum Gasteiger partial charge on any atom is -0.311 e. The number of hydrogen-bond donors (Lipinski definition) is 0. The van der Waals surface area contributed by atoms with Crippen LogP contribution in [0.1, 0.15) is 36.8 Å². The zero-order chi connectivity index (χ0) is 25.1. The Kier molecular flexibility index (Phi) is 4.88. The zero-order valence-corrected chi connectivity index (χ0v) is 21.6. The van der Waals surface area contributed by atoms with Crippen molar-refractivity contribution in [3.63, 3.8) is 0 Å². The van der Waals surface area contributed by atoms with Crippen LogP contribution < -0.4 is 4.90 Å². The third-order valence-electron chi connectivity index (χ3n) is 9.53. The first-order valence-corrected chi connectivity index (χ1v) is 14.1. The Morgan fingerprint density at radius 2 is 1.13 bits per heavy atom. The van der Waals surface area contributed by atoms with Crippen LogP contribution >= 0.6 is 0 Å². The molecule has 1 spiro atoms. The summed E-state index contributed by atoms with van der Waals surface area (Å²) in [6.45, 7) is 0. The van der Waals surface area contributed by atoms with Crippen LogP contribution in [-0.4, -0.2) is 0 Å². The molecule has 5 aromatic rings. The Morgan fingerprint density at radius 3 is 1.79 bits per heavy atom. The molecule has 3 unspecified atom stereocenters. The monoisotopic (exact) mass is 489 g/mol. The van der Waals surface area contributed by atoms with Crippen molar-refractivity contribution in [1.29, 1.82) is 0 Å². The summed E-state index contributed by atoms with van der Waals surface area (Å²) >= 11 is 0. The van der Waals surface area contributed by atoms with Crippen molar-refractivity contribution in [2.24, 2.45) is 11.8 Å². The molecule has 8 rings (SSSR count). The summed E-state index contributed by atoms with van der Waals surface area (Å²) < 4.78 is 0. The average molecular weight is 490 g/mol. The fourth-order valence-electron chi connectivity index (χ4n) is 7.97. The largest absolute Gasteiger partial charge is 0.311 e. The molecule has 3 atom stereocenters. The lowest BCUT2D eigenvalue weighted by atomic mass is 9.66. The van der Waals surface area contributed by atoms with Gasteiger partial charge in [-0.15, -0.1) is 0 Å². The zero-order valence-electron chi connectivity index (χ0n) is 21.6. The summed E-state index contributed by atoms with van der Waals surface area (Å²) in [5.74, 6) is 1.68. The van der Waals surface area contributed by atoms with E-state index < -0.39 is 0 Å². The molecule has 2 fully saturated rings. The first-order chi connectivity index (χ1) is 18.8. The molecule has 0 radical (unpaired) electrons. The highest BCUT2D eigenvalue weighted by molar-refractivity contribution is 5.85. The highest BCUT2D eigenvalue weighted by atomic mass is 15.1. The molecule has 184 valence electrons. The lowest BCUT2D eigenvalue weighted by molar-refractivity contribution is 0.327. The fourth-order valence-corrected chi connectivity index (χ4v) is 7.97. The second kappa shape index (κ2) is 8.46. The van der Waals surface area contributed by atoms with E-state index in [-0.39, 0.29) is 5.41 Å². The lowest BCUT2D eigenvalue weighted by Gasteiger charge is -2.36. The fraction of sp³-hybridized carbons (Fsp3) is 0.189. The van der Waals surface area contributed by atoms with Crippen molar-refractivity contribution in [3.8, 4) is 22.3 Å². The van der Waals surface area contributed by atoms with Gasteiger partial charge in [-0.1, -0.05) is 91.3 Å². The Balaban J connectivity index is 1.20. The molecule has 0 saturated heterocycles. The summed E-state index contributed by atoms with van der Waals surface area (Å²) in [7, 11) is 0. The van der Waals surface area contributed by atoms with E-state index in [1.54, 1.807) is 11.1 Å². The Morgan fingerprint density at radius 1 is 0.526 bits per heavy atom. The first-order valence-electron chi connectivity index (χ1n) is 14.1. The summed E-state index contributed by atoms with van der Waals surface area (Å²) in [5.41, 5.74) is 12.5. The van der Waals surface area contributed by atoms with Crippen molar-refractivity contribution in [3.05, 3.63) is 139 Å². The molecular weight excluding hydrogens is 458 g/mol. The molecule has 2 bridgehead atoms. The van der Waals surface area contributed by atoms with Crippen LogP contribution in [-0.2, 0) is 5.41 Å². The van der Waals surface area contributed by atoms with Crippen molar-refractivity contribution in [2.45, 2.75) is 31.1 Å². The highest BCUT2D eigenvalue weighted by Crippen LogP contribution is 2.65. The first kappa shape index (κ1) is 21.9. The van der Waals surface area contributed by atoms with Crippen LogP contribution in [0.3, 0.4) is 0 Å². The Bertz CT molecular complexity index is 1580. The van der Waals surface area contributed by atoms with Crippen molar-refractivity contribution in [2.75, 3.05) is 4.90 Å². The molecular formula is C37H31N. The van der Waals surface area contributed by atoms with Gasteiger partial charge >= 0.3 is 0 Å². The Labute approximate surface area is 225 Å². The maximum Gasteiger partial charge on any atom is 0.0462 e. The molecule has 5 aromatic carbocycles. The van der Waals surface area contributed by atoms with Gasteiger partial charge < -0.3 is 4.90 Å². The molecule has 1 nitrogen and oxygen atoms in total. The molecule has 2 saturated carbocycles. The second-order valence-electron chi connectivity index (χ2n) is 11.4. The van der Waals surface area contributed by atoms with E-state index in [0.29, 0.717) is 0 Å². The minimum absolute atomic E-state index is 0.224. The summed E-state index contributed by atoms with van der Waals surface area (Å²) in [4.78, 5) is 2.33. The van der Waals surface area contributed by atoms with Gasteiger partial charge in [0.25, 0.3) is 0 Å². The average Bonchev–Trinajstić information content (AvgIpc) is 3.68. The molecule has 3 aliphatic carbocycles. The maximum absolute atomic E-state index is 2.54. The summed E-state index contributed by atoms with van der Waals surface area (Å²) in [6, 6.07) is 46.9. The smallest absolute Gasteiger partial charge is 0.0462 e. The van der Waals surface area contributed by atoms with Gasteiger partial charge in [0, 0.05) is 22.5 Å². The van der Waals surface area contributed by atoms with Gasteiger partial charge in [-0.2, -0.15) is 0 Å². The Hall–Kier alpha value is -4.10. The van der Waals surface area contributed by atoms with Crippen LogP contribution in [0.5, 0.6) is 0 Å². The minimum atomic E-state index is 0.224. The summed E-state index contributed by atoms with van der Waals surface area (Å²) in [5, 5.41) is 0. The third-order valence-corrected chi connectivity index (χ3v) is 9.53. The summed E-state index contributed by atoms with van der Waals surface area (Å²) in [6.07, 6.45) is 5.53. The van der Waals surface area contributed by atoms with E-state index in [1.807, 2.05) is 0 Å². The third kappa shape index (κ3) is 3.18. The molecule has 0 amide bonds. The van der Waals surface area contributed by atoms with E-state index in [4.69, 9.17) is 0 Å². The van der Waals surface area contributed by atoms with Gasteiger partial charge in [0.15, 0.2) is 0 Å².